The predicted molar refractivity (Wildman–Crippen MR) is 82.4 cm³/mol. The van der Waals surface area contributed by atoms with Crippen LogP contribution in [0, 0.1) is 17.8 Å². The fourth-order valence-corrected chi connectivity index (χ4v) is 4.58. The van der Waals surface area contributed by atoms with Gasteiger partial charge in [0, 0.05) is 31.5 Å². The molecule has 3 aliphatic rings. The number of aromatic nitrogens is 3. The van der Waals surface area contributed by atoms with Gasteiger partial charge in [0.05, 0.1) is 6.04 Å². The topological polar surface area (TPSA) is 82.2 Å². The molecule has 1 aromatic rings. The average Bonchev–Trinajstić information content (AvgIpc) is 3.29. The number of fused-ring (bicyclic) bond motifs is 1. The molecule has 2 saturated heterocycles. The van der Waals surface area contributed by atoms with Crippen molar-refractivity contribution in [2.45, 2.75) is 38.6 Å². The van der Waals surface area contributed by atoms with Gasteiger partial charge in [-0.05, 0) is 25.2 Å². The molecule has 2 amide bonds. The van der Waals surface area contributed by atoms with E-state index in [4.69, 9.17) is 0 Å². The van der Waals surface area contributed by atoms with Gasteiger partial charge in [-0.25, -0.2) is 4.98 Å². The zero-order valence-electron chi connectivity index (χ0n) is 13.4. The fraction of sp³-hybridized carbons (Fsp3) is 0.750. The van der Waals surface area contributed by atoms with E-state index in [1.807, 2.05) is 4.90 Å². The third kappa shape index (κ3) is 2.42. The van der Waals surface area contributed by atoms with Crippen LogP contribution in [0.25, 0.3) is 0 Å². The van der Waals surface area contributed by atoms with E-state index in [2.05, 4.69) is 27.0 Å². The van der Waals surface area contributed by atoms with Crippen molar-refractivity contribution in [3.63, 3.8) is 0 Å². The van der Waals surface area contributed by atoms with Crippen LogP contribution in [0.2, 0.25) is 0 Å². The number of rotatable bonds is 2. The normalized spacial score (nSPS) is 33.3. The number of carbonyl (C=O) groups is 2. The van der Waals surface area contributed by atoms with Crippen LogP contribution in [-0.2, 0) is 4.79 Å². The molecule has 23 heavy (non-hydrogen) atoms. The molecule has 0 bridgehead atoms. The summed E-state index contributed by atoms with van der Waals surface area (Å²) in [6.07, 6.45) is 5.69. The molecular weight excluding hydrogens is 294 g/mol. The zero-order valence-corrected chi connectivity index (χ0v) is 13.4. The summed E-state index contributed by atoms with van der Waals surface area (Å²) < 4.78 is 0. The van der Waals surface area contributed by atoms with E-state index < -0.39 is 0 Å². The highest BCUT2D eigenvalue weighted by Crippen LogP contribution is 2.37. The van der Waals surface area contributed by atoms with E-state index >= 15 is 0 Å². The van der Waals surface area contributed by atoms with Crippen LogP contribution in [0.3, 0.4) is 0 Å². The number of likely N-dealkylation sites (tertiary alicyclic amines) is 2. The SMILES string of the molecule is C[C@H]1CCC[C@@H]1C(=O)N1CC[C@H]2CN(C(=O)c3ncn[nH]3)C[C@H]21. The quantitative estimate of drug-likeness (QED) is 0.879. The van der Waals surface area contributed by atoms with Crippen molar-refractivity contribution >= 4 is 11.8 Å². The van der Waals surface area contributed by atoms with Gasteiger partial charge in [-0.3, -0.25) is 14.7 Å². The average molecular weight is 317 g/mol. The van der Waals surface area contributed by atoms with Gasteiger partial charge in [-0.2, -0.15) is 5.10 Å². The molecule has 3 fully saturated rings. The van der Waals surface area contributed by atoms with Crippen LogP contribution in [0.1, 0.15) is 43.2 Å². The minimum absolute atomic E-state index is 0.112. The standard InChI is InChI=1S/C16H23N5O2/c1-10-3-2-4-12(10)15(22)21-6-5-11-7-20(8-13(11)21)16(23)14-17-9-18-19-14/h9-13H,2-8H2,1H3,(H,17,18,19)/t10-,11-,12-,13+/m0/s1. The number of nitrogens with one attached hydrogen (secondary N) is 1. The van der Waals surface area contributed by atoms with Gasteiger partial charge in [0.15, 0.2) is 0 Å². The Balaban J connectivity index is 1.45. The van der Waals surface area contributed by atoms with Crippen LogP contribution in [0.5, 0.6) is 0 Å². The van der Waals surface area contributed by atoms with E-state index in [9.17, 15) is 9.59 Å². The lowest BCUT2D eigenvalue weighted by molar-refractivity contribution is -0.137. The highest BCUT2D eigenvalue weighted by atomic mass is 16.2. The van der Waals surface area contributed by atoms with E-state index in [0.717, 1.165) is 32.2 Å². The first kappa shape index (κ1) is 14.7. The van der Waals surface area contributed by atoms with Gasteiger partial charge in [-0.15, -0.1) is 0 Å². The lowest BCUT2D eigenvalue weighted by Crippen LogP contribution is -2.44. The van der Waals surface area contributed by atoms with E-state index in [0.29, 0.717) is 30.8 Å². The number of amides is 2. The monoisotopic (exact) mass is 317 g/mol. The molecule has 1 N–H and O–H groups in total. The summed E-state index contributed by atoms with van der Waals surface area (Å²) >= 11 is 0. The zero-order chi connectivity index (χ0) is 16.0. The molecule has 0 aromatic carbocycles. The highest BCUT2D eigenvalue weighted by Gasteiger charge is 2.47. The second-order valence-corrected chi connectivity index (χ2v) is 7.21. The summed E-state index contributed by atoms with van der Waals surface area (Å²) in [5.74, 6) is 1.58. The fourth-order valence-electron chi connectivity index (χ4n) is 4.58. The van der Waals surface area contributed by atoms with Crippen molar-refractivity contribution in [3.8, 4) is 0 Å². The van der Waals surface area contributed by atoms with Crippen molar-refractivity contribution in [2.75, 3.05) is 19.6 Å². The van der Waals surface area contributed by atoms with Crippen molar-refractivity contribution in [3.05, 3.63) is 12.2 Å². The molecule has 4 atom stereocenters. The minimum atomic E-state index is -0.112. The largest absolute Gasteiger partial charge is 0.337 e. The van der Waals surface area contributed by atoms with E-state index in [-0.39, 0.29) is 23.7 Å². The number of nitrogens with zero attached hydrogens (tertiary/aromatic N) is 4. The third-order valence-electron chi connectivity index (χ3n) is 5.91. The Labute approximate surface area is 135 Å². The molecule has 0 radical (unpaired) electrons. The van der Waals surface area contributed by atoms with Crippen LogP contribution in [0.4, 0.5) is 0 Å². The Hall–Kier alpha value is -1.92. The predicted octanol–water partition coefficient (Wildman–Crippen LogP) is 0.914. The molecule has 4 rings (SSSR count). The van der Waals surface area contributed by atoms with Crippen molar-refractivity contribution in [1.29, 1.82) is 0 Å². The Morgan fingerprint density at radius 3 is 2.83 bits per heavy atom. The molecular formula is C16H23N5O2. The van der Waals surface area contributed by atoms with Gasteiger partial charge < -0.3 is 9.80 Å². The smallest absolute Gasteiger partial charge is 0.291 e. The molecule has 0 unspecified atom stereocenters. The van der Waals surface area contributed by atoms with Gasteiger partial charge >= 0.3 is 0 Å². The Morgan fingerprint density at radius 2 is 2.13 bits per heavy atom. The van der Waals surface area contributed by atoms with Crippen LogP contribution < -0.4 is 0 Å². The summed E-state index contributed by atoms with van der Waals surface area (Å²) in [7, 11) is 0. The Kier molecular flexibility index (Phi) is 3.58. The molecule has 124 valence electrons. The van der Waals surface area contributed by atoms with Gasteiger partial charge in [-0.1, -0.05) is 13.3 Å². The third-order valence-corrected chi connectivity index (χ3v) is 5.91. The molecule has 0 spiro atoms. The number of hydrogen-bond acceptors (Lipinski definition) is 4. The molecule has 1 saturated carbocycles. The maximum atomic E-state index is 12.9. The first-order valence-corrected chi connectivity index (χ1v) is 8.60. The Morgan fingerprint density at radius 1 is 1.26 bits per heavy atom. The van der Waals surface area contributed by atoms with Crippen LogP contribution >= 0.6 is 0 Å². The molecule has 2 aliphatic heterocycles. The molecule has 7 heteroatoms. The van der Waals surface area contributed by atoms with Crippen molar-refractivity contribution in [1.82, 2.24) is 25.0 Å². The van der Waals surface area contributed by atoms with Crippen LogP contribution in [0.15, 0.2) is 6.33 Å². The number of hydrogen-bond donors (Lipinski definition) is 1. The first-order chi connectivity index (χ1) is 11.1. The Bertz CT molecular complexity index is 602. The lowest BCUT2D eigenvalue weighted by atomic mass is 9.96. The van der Waals surface area contributed by atoms with Gasteiger partial charge in [0.25, 0.3) is 5.91 Å². The van der Waals surface area contributed by atoms with Crippen molar-refractivity contribution < 1.29 is 9.59 Å². The summed E-state index contributed by atoms with van der Waals surface area (Å²) in [6.45, 7) is 4.38. The molecule has 1 aliphatic carbocycles. The maximum Gasteiger partial charge on any atom is 0.291 e. The molecule has 3 heterocycles. The van der Waals surface area contributed by atoms with E-state index in [1.165, 1.54) is 6.33 Å². The minimum Gasteiger partial charge on any atom is -0.337 e. The second-order valence-electron chi connectivity index (χ2n) is 7.21. The van der Waals surface area contributed by atoms with Gasteiger partial charge in [0.2, 0.25) is 11.7 Å². The maximum absolute atomic E-state index is 12.9. The number of H-pyrrole nitrogens is 1. The number of carbonyl (C=O) groups excluding carboxylic acids is 2. The number of aromatic amines is 1. The molecule has 1 aromatic heterocycles. The molecule has 7 nitrogen and oxygen atoms in total. The lowest BCUT2D eigenvalue weighted by Gasteiger charge is -2.28. The summed E-state index contributed by atoms with van der Waals surface area (Å²) in [6, 6.07) is 0.183. The summed E-state index contributed by atoms with van der Waals surface area (Å²) in [5.41, 5.74) is 0. The highest BCUT2D eigenvalue weighted by molar-refractivity contribution is 5.90. The second kappa shape index (κ2) is 5.62. The van der Waals surface area contributed by atoms with E-state index in [1.54, 1.807) is 0 Å². The van der Waals surface area contributed by atoms with Crippen LogP contribution in [-0.4, -0.2) is 62.5 Å². The summed E-state index contributed by atoms with van der Waals surface area (Å²) in [5, 5.41) is 6.37. The van der Waals surface area contributed by atoms with Crippen molar-refractivity contribution in [2.24, 2.45) is 17.8 Å². The van der Waals surface area contributed by atoms with Gasteiger partial charge in [0.1, 0.15) is 6.33 Å². The summed E-state index contributed by atoms with van der Waals surface area (Å²) in [4.78, 5) is 33.1. The first-order valence-electron chi connectivity index (χ1n) is 8.60.